The maximum atomic E-state index is 12.7. The number of benzene rings is 1. The van der Waals surface area contributed by atoms with Crippen LogP contribution < -0.4 is 10.1 Å². The molecule has 5 fully saturated rings. The van der Waals surface area contributed by atoms with Crippen LogP contribution in [0.3, 0.4) is 0 Å². The molecule has 1 aromatic carbocycles. The van der Waals surface area contributed by atoms with Crippen LogP contribution in [0.5, 0.6) is 5.75 Å². The van der Waals surface area contributed by atoms with Crippen molar-refractivity contribution in [3.8, 4) is 5.75 Å². The first-order chi connectivity index (χ1) is 14.1. The summed E-state index contributed by atoms with van der Waals surface area (Å²) in [6.45, 7) is 3.59. The van der Waals surface area contributed by atoms with Gasteiger partial charge in [0.15, 0.2) is 0 Å². The Hall–Kier alpha value is -1.59. The SMILES string of the molecule is O=C(NCC1C2CC3CC1CC(O)(C3)C2)c1ccc(OCN2CCCCC2)cc1. The third-order valence-electron chi connectivity index (χ3n) is 7.91. The summed E-state index contributed by atoms with van der Waals surface area (Å²) in [5.74, 6) is 3.22. The molecule has 4 saturated carbocycles. The first-order valence-corrected chi connectivity index (χ1v) is 11.5. The largest absolute Gasteiger partial charge is 0.478 e. The molecule has 1 aliphatic heterocycles. The summed E-state index contributed by atoms with van der Waals surface area (Å²) in [6.07, 6.45) is 9.18. The van der Waals surface area contributed by atoms with Gasteiger partial charge in [-0.15, -0.1) is 0 Å². The van der Waals surface area contributed by atoms with E-state index in [9.17, 15) is 9.90 Å². The molecule has 0 radical (unpaired) electrons. The van der Waals surface area contributed by atoms with Gasteiger partial charge >= 0.3 is 0 Å². The number of amides is 1. The Morgan fingerprint density at radius 3 is 2.41 bits per heavy atom. The monoisotopic (exact) mass is 398 g/mol. The first kappa shape index (κ1) is 19.4. The second-order valence-corrected chi connectivity index (χ2v) is 10.0. The normalized spacial score (nSPS) is 36.2. The molecule has 158 valence electrons. The summed E-state index contributed by atoms with van der Waals surface area (Å²) in [7, 11) is 0. The molecule has 4 aliphatic carbocycles. The fourth-order valence-corrected chi connectivity index (χ4v) is 6.69. The van der Waals surface area contributed by atoms with Gasteiger partial charge in [-0.1, -0.05) is 6.42 Å². The molecule has 5 nitrogen and oxygen atoms in total. The molecule has 0 aromatic heterocycles. The smallest absolute Gasteiger partial charge is 0.251 e. The number of hydrogen-bond donors (Lipinski definition) is 2. The molecule has 1 aromatic rings. The minimum absolute atomic E-state index is 0.0000913. The van der Waals surface area contributed by atoms with E-state index in [4.69, 9.17) is 4.74 Å². The lowest BCUT2D eigenvalue weighted by Gasteiger charge is -2.58. The quantitative estimate of drug-likeness (QED) is 0.771. The van der Waals surface area contributed by atoms with Gasteiger partial charge in [-0.25, -0.2) is 0 Å². The predicted molar refractivity (Wildman–Crippen MR) is 112 cm³/mol. The van der Waals surface area contributed by atoms with Gasteiger partial charge in [-0.2, -0.15) is 0 Å². The van der Waals surface area contributed by atoms with E-state index >= 15 is 0 Å². The Morgan fingerprint density at radius 1 is 1.07 bits per heavy atom. The van der Waals surface area contributed by atoms with E-state index in [-0.39, 0.29) is 5.91 Å². The van der Waals surface area contributed by atoms with Crippen molar-refractivity contribution in [1.29, 1.82) is 0 Å². The Bertz CT molecular complexity index is 712. The minimum atomic E-state index is -0.402. The predicted octanol–water partition coefficient (Wildman–Crippen LogP) is 3.43. The molecule has 5 heteroatoms. The van der Waals surface area contributed by atoms with Gasteiger partial charge in [0.2, 0.25) is 0 Å². The number of hydrogen-bond acceptors (Lipinski definition) is 4. The standard InChI is InChI=1S/C24H34N2O3/c27-23(18-4-6-21(7-5-18)29-16-26-8-2-1-3-9-26)25-15-22-19-10-17-11-20(22)14-24(28,12-17)13-19/h4-7,17,19-20,22,28H,1-3,8-16H2,(H,25,27). The fourth-order valence-electron chi connectivity index (χ4n) is 6.69. The molecule has 29 heavy (non-hydrogen) atoms. The molecular formula is C24H34N2O3. The van der Waals surface area contributed by atoms with Crippen LogP contribution in [0.4, 0.5) is 0 Å². The third-order valence-corrected chi connectivity index (χ3v) is 7.91. The minimum Gasteiger partial charge on any atom is -0.478 e. The topological polar surface area (TPSA) is 61.8 Å². The van der Waals surface area contributed by atoms with Crippen LogP contribution in [0.15, 0.2) is 24.3 Å². The van der Waals surface area contributed by atoms with Gasteiger partial charge in [0.25, 0.3) is 5.91 Å². The summed E-state index contributed by atoms with van der Waals surface area (Å²) in [6, 6.07) is 7.52. The highest BCUT2D eigenvalue weighted by atomic mass is 16.5. The van der Waals surface area contributed by atoms with Crippen molar-refractivity contribution >= 4 is 5.91 Å². The van der Waals surface area contributed by atoms with Gasteiger partial charge in [-0.05, 0) is 92.9 Å². The van der Waals surface area contributed by atoms with Gasteiger partial charge in [0.05, 0.1) is 5.60 Å². The number of likely N-dealkylation sites (tertiary alicyclic amines) is 1. The van der Waals surface area contributed by atoms with Crippen LogP contribution in [0, 0.1) is 23.7 Å². The lowest BCUT2D eigenvalue weighted by Crippen LogP contribution is -2.56. The molecule has 0 spiro atoms. The van der Waals surface area contributed by atoms with E-state index in [2.05, 4.69) is 10.2 Å². The molecule has 1 saturated heterocycles. The maximum absolute atomic E-state index is 12.7. The van der Waals surface area contributed by atoms with Gasteiger partial charge in [0, 0.05) is 25.2 Å². The number of piperidine rings is 1. The zero-order chi connectivity index (χ0) is 19.8. The Morgan fingerprint density at radius 2 is 1.76 bits per heavy atom. The van der Waals surface area contributed by atoms with Crippen LogP contribution >= 0.6 is 0 Å². The lowest BCUT2D eigenvalue weighted by molar-refractivity contribution is -0.150. The van der Waals surface area contributed by atoms with Crippen molar-refractivity contribution in [3.05, 3.63) is 29.8 Å². The highest BCUT2D eigenvalue weighted by Gasteiger charge is 2.54. The van der Waals surface area contributed by atoms with Gasteiger partial charge in [-0.3, -0.25) is 9.69 Å². The van der Waals surface area contributed by atoms with Crippen molar-refractivity contribution in [3.63, 3.8) is 0 Å². The Balaban J connectivity index is 1.12. The molecule has 1 heterocycles. The average molecular weight is 399 g/mol. The van der Waals surface area contributed by atoms with E-state index in [1.807, 2.05) is 24.3 Å². The molecule has 4 bridgehead atoms. The summed E-state index contributed by atoms with van der Waals surface area (Å²) in [5.41, 5.74) is 0.291. The molecule has 2 unspecified atom stereocenters. The average Bonchev–Trinajstić information content (AvgIpc) is 2.71. The van der Waals surface area contributed by atoms with Crippen LogP contribution in [0.1, 0.15) is 61.7 Å². The number of nitrogens with one attached hydrogen (secondary N) is 1. The van der Waals surface area contributed by atoms with E-state index in [0.29, 0.717) is 36.0 Å². The van der Waals surface area contributed by atoms with Gasteiger partial charge in [0.1, 0.15) is 12.5 Å². The number of carbonyl (C=O) groups is 1. The number of ether oxygens (including phenoxy) is 1. The van der Waals surface area contributed by atoms with E-state index < -0.39 is 5.60 Å². The maximum Gasteiger partial charge on any atom is 0.251 e. The second-order valence-electron chi connectivity index (χ2n) is 10.0. The van der Waals surface area contributed by atoms with Crippen LogP contribution in [-0.4, -0.2) is 47.9 Å². The number of carbonyl (C=O) groups excluding carboxylic acids is 1. The number of rotatable bonds is 6. The molecular weight excluding hydrogens is 364 g/mol. The lowest BCUT2D eigenvalue weighted by atomic mass is 9.50. The summed E-state index contributed by atoms with van der Waals surface area (Å²) in [4.78, 5) is 15.0. The van der Waals surface area contributed by atoms with Crippen LogP contribution in [0.2, 0.25) is 0 Å². The Kier molecular flexibility index (Phi) is 5.29. The zero-order valence-corrected chi connectivity index (χ0v) is 17.3. The fraction of sp³-hybridized carbons (Fsp3) is 0.708. The van der Waals surface area contributed by atoms with Gasteiger partial charge < -0.3 is 15.2 Å². The summed E-state index contributed by atoms with van der Waals surface area (Å²) in [5, 5.41) is 13.9. The van der Waals surface area contributed by atoms with Crippen molar-refractivity contribution in [2.75, 3.05) is 26.4 Å². The summed E-state index contributed by atoms with van der Waals surface area (Å²) < 4.78 is 5.88. The van der Waals surface area contributed by atoms with Crippen molar-refractivity contribution in [2.24, 2.45) is 23.7 Å². The third kappa shape index (κ3) is 4.17. The van der Waals surface area contributed by atoms with Crippen LogP contribution in [0.25, 0.3) is 0 Å². The van der Waals surface area contributed by atoms with E-state index in [1.54, 1.807) is 0 Å². The van der Waals surface area contributed by atoms with E-state index in [1.165, 1.54) is 32.1 Å². The number of nitrogens with zero attached hydrogens (tertiary/aromatic N) is 1. The van der Waals surface area contributed by atoms with E-state index in [0.717, 1.165) is 44.6 Å². The van der Waals surface area contributed by atoms with Crippen molar-refractivity contribution in [1.82, 2.24) is 10.2 Å². The molecule has 2 N–H and O–H groups in total. The van der Waals surface area contributed by atoms with Crippen molar-refractivity contribution < 1.29 is 14.6 Å². The van der Waals surface area contributed by atoms with Crippen LogP contribution in [-0.2, 0) is 0 Å². The molecule has 5 aliphatic rings. The highest BCUT2D eigenvalue weighted by Crippen LogP contribution is 2.58. The second kappa shape index (κ2) is 7.92. The zero-order valence-electron chi connectivity index (χ0n) is 17.3. The molecule has 6 rings (SSSR count). The van der Waals surface area contributed by atoms with Crippen molar-refractivity contribution in [2.45, 2.75) is 57.0 Å². The number of aliphatic hydroxyl groups is 1. The molecule has 2 atom stereocenters. The Labute approximate surface area is 173 Å². The molecule has 1 amide bonds. The highest BCUT2D eigenvalue weighted by molar-refractivity contribution is 5.94. The first-order valence-electron chi connectivity index (χ1n) is 11.5. The summed E-state index contributed by atoms with van der Waals surface area (Å²) >= 11 is 0.